The minimum absolute atomic E-state index is 0.0225. The average Bonchev–Trinajstić information content (AvgIpc) is 3.13. The number of fused-ring (bicyclic) bond motifs is 1. The molecule has 5 unspecified atom stereocenters. The smallest absolute Gasteiger partial charge is 0.397 e. The van der Waals surface area contributed by atoms with Crippen molar-refractivity contribution in [2.45, 2.75) is 37.6 Å². The fraction of sp³-hybridized carbons (Fsp3) is 0.189. The highest BCUT2D eigenvalue weighted by atomic mass is 32.3. The van der Waals surface area contributed by atoms with Crippen LogP contribution in [-0.4, -0.2) is 68.2 Å². The first kappa shape index (κ1) is 35.9. The minimum atomic E-state index is -5.08. The zero-order valence-corrected chi connectivity index (χ0v) is 28.0. The molecule has 0 amide bonds. The Balaban J connectivity index is 1.46. The quantitative estimate of drug-likeness (QED) is 0.0851. The van der Waals surface area contributed by atoms with Crippen molar-refractivity contribution >= 4 is 39.3 Å². The second-order valence-corrected chi connectivity index (χ2v) is 12.6. The molecule has 1 aliphatic rings. The number of ether oxygens (including phenoxy) is 5. The van der Waals surface area contributed by atoms with E-state index in [1.54, 1.807) is 67.6 Å². The summed E-state index contributed by atoms with van der Waals surface area (Å²) in [4.78, 5) is 52.8. The van der Waals surface area contributed by atoms with Gasteiger partial charge in [-0.05, 0) is 61.0 Å². The largest absolute Gasteiger partial charge is 0.461 e. The molecular weight excluding hydrogens is 700 g/mol. The van der Waals surface area contributed by atoms with Gasteiger partial charge in [-0.2, -0.15) is 8.42 Å². The lowest BCUT2D eigenvalue weighted by Crippen LogP contribution is -2.63. The molecule has 52 heavy (non-hydrogen) atoms. The zero-order chi connectivity index (χ0) is 36.8. The second-order valence-electron chi connectivity index (χ2n) is 11.5. The molecule has 1 fully saturated rings. The van der Waals surface area contributed by atoms with Crippen LogP contribution in [0.25, 0.3) is 11.0 Å². The van der Waals surface area contributed by atoms with E-state index in [9.17, 15) is 32.1 Å². The Bertz CT molecular complexity index is 2220. The maximum atomic E-state index is 13.6. The highest BCUT2D eigenvalue weighted by Gasteiger charge is 2.54. The fourth-order valence-corrected chi connectivity index (χ4v) is 5.78. The molecule has 0 radical (unpaired) electrons. The van der Waals surface area contributed by atoms with Crippen LogP contribution in [-0.2, 0) is 33.5 Å². The number of hydrogen-bond acceptors (Lipinski definition) is 13. The van der Waals surface area contributed by atoms with Gasteiger partial charge in [-0.15, -0.1) is 0 Å². The molecule has 2 heterocycles. The topological polar surface area (TPSA) is 191 Å². The molecule has 0 saturated carbocycles. The van der Waals surface area contributed by atoms with Crippen molar-refractivity contribution in [1.29, 1.82) is 0 Å². The van der Waals surface area contributed by atoms with Crippen molar-refractivity contribution in [2.24, 2.45) is 0 Å². The summed E-state index contributed by atoms with van der Waals surface area (Å²) in [7, 11) is -5.08. The van der Waals surface area contributed by atoms with E-state index in [2.05, 4.69) is 4.18 Å². The van der Waals surface area contributed by atoms with Gasteiger partial charge in [-0.3, -0.25) is 4.55 Å². The first-order valence-electron chi connectivity index (χ1n) is 15.7. The van der Waals surface area contributed by atoms with Crippen LogP contribution in [0, 0.1) is 6.92 Å². The van der Waals surface area contributed by atoms with Gasteiger partial charge in [0.05, 0.1) is 23.3 Å². The van der Waals surface area contributed by atoms with Crippen LogP contribution >= 0.6 is 0 Å². The molecule has 1 N–H and O–H groups in total. The van der Waals surface area contributed by atoms with Gasteiger partial charge in [-0.1, -0.05) is 54.6 Å². The highest BCUT2D eigenvalue weighted by molar-refractivity contribution is 7.80. The minimum Gasteiger partial charge on any atom is -0.461 e. The molecule has 0 spiro atoms. The van der Waals surface area contributed by atoms with Crippen LogP contribution in [0.3, 0.4) is 0 Å². The number of carbonyl (C=O) groups is 3. The van der Waals surface area contributed by atoms with E-state index < -0.39 is 71.2 Å². The molecule has 0 aliphatic carbocycles. The number of carbonyl (C=O) groups excluding carboxylic acids is 3. The summed E-state index contributed by atoms with van der Waals surface area (Å²) in [5, 5.41) is 0.588. The number of hydrogen-bond donors (Lipinski definition) is 1. The lowest BCUT2D eigenvalue weighted by Gasteiger charge is -2.44. The fourth-order valence-electron chi connectivity index (χ4n) is 5.47. The van der Waals surface area contributed by atoms with Crippen molar-refractivity contribution in [1.82, 2.24) is 0 Å². The van der Waals surface area contributed by atoms with Gasteiger partial charge in [0, 0.05) is 17.5 Å². The SMILES string of the molecule is Cc1cc(=O)oc2cc(OC3OC(COS(=O)(=O)O)C(OC(=O)c4ccccc4)C(OC(=O)c4ccccc4)C3OC(=O)c3ccccc3)ccc12. The molecule has 1 aliphatic heterocycles. The van der Waals surface area contributed by atoms with Gasteiger partial charge < -0.3 is 28.1 Å². The third-order valence-electron chi connectivity index (χ3n) is 7.91. The lowest BCUT2D eigenvalue weighted by molar-refractivity contribution is -0.274. The molecule has 0 bridgehead atoms. The number of aryl methyl sites for hydroxylation is 1. The number of esters is 3. The molecule has 4 aromatic carbocycles. The van der Waals surface area contributed by atoms with Crippen molar-refractivity contribution in [3.63, 3.8) is 0 Å². The van der Waals surface area contributed by atoms with E-state index in [0.29, 0.717) is 10.9 Å². The molecule has 15 heteroatoms. The molecule has 14 nitrogen and oxygen atoms in total. The molecule has 5 atom stereocenters. The van der Waals surface area contributed by atoms with Crippen LogP contribution in [0.1, 0.15) is 36.6 Å². The summed E-state index contributed by atoms with van der Waals surface area (Å²) >= 11 is 0. The molecular formula is C37H30O14S. The van der Waals surface area contributed by atoms with Gasteiger partial charge in [0.1, 0.15) is 17.4 Å². The zero-order valence-electron chi connectivity index (χ0n) is 27.2. The first-order chi connectivity index (χ1) is 24.9. The Labute approximate surface area is 296 Å². The monoisotopic (exact) mass is 730 g/mol. The summed E-state index contributed by atoms with van der Waals surface area (Å²) in [6, 6.07) is 29.0. The molecule has 5 aromatic rings. The summed E-state index contributed by atoms with van der Waals surface area (Å²) in [6.45, 7) is 0.738. The van der Waals surface area contributed by atoms with Crippen molar-refractivity contribution < 1.29 is 59.6 Å². The Morgan fingerprint density at radius 2 is 1.19 bits per heavy atom. The third kappa shape index (κ3) is 8.70. The van der Waals surface area contributed by atoms with Crippen molar-refractivity contribution in [2.75, 3.05) is 6.61 Å². The third-order valence-corrected chi connectivity index (χ3v) is 8.34. The lowest BCUT2D eigenvalue weighted by atomic mass is 9.97. The second kappa shape index (κ2) is 15.6. The summed E-state index contributed by atoms with van der Waals surface area (Å²) in [6.07, 6.45) is -8.55. The molecule has 6 rings (SSSR count). The Morgan fingerprint density at radius 1 is 0.692 bits per heavy atom. The van der Waals surface area contributed by atoms with Crippen molar-refractivity contribution in [3.8, 4) is 5.75 Å². The maximum Gasteiger partial charge on any atom is 0.397 e. The highest BCUT2D eigenvalue weighted by Crippen LogP contribution is 2.33. The van der Waals surface area contributed by atoms with E-state index in [1.165, 1.54) is 54.6 Å². The standard InChI is InChI=1S/C37H30O14S/c1-22-19-30(38)47-28-20-26(17-18-27(22)28)46-37-33(51-36(41)25-15-9-4-10-16-25)32(50-35(40)24-13-7-3-8-14-24)31(29(48-37)21-45-52(42,43)44)49-34(39)23-11-5-2-6-12-23/h2-20,29,31-33,37H,21H2,1H3,(H,42,43,44). The van der Waals surface area contributed by atoms with Crippen LogP contribution in [0.2, 0.25) is 0 Å². The summed E-state index contributed by atoms with van der Waals surface area (Å²) in [5.74, 6) is -2.77. The van der Waals surface area contributed by atoms with Gasteiger partial charge in [0.25, 0.3) is 0 Å². The summed E-state index contributed by atoms with van der Waals surface area (Å²) < 4.78 is 72.8. The van der Waals surface area contributed by atoms with Gasteiger partial charge in [-0.25, -0.2) is 23.4 Å². The number of rotatable bonds is 11. The van der Waals surface area contributed by atoms with Gasteiger partial charge in [0.2, 0.25) is 12.4 Å². The van der Waals surface area contributed by atoms with E-state index >= 15 is 0 Å². The first-order valence-corrected chi connectivity index (χ1v) is 17.1. The Morgan fingerprint density at radius 3 is 1.71 bits per heavy atom. The predicted octanol–water partition coefficient (Wildman–Crippen LogP) is 4.70. The van der Waals surface area contributed by atoms with Gasteiger partial charge >= 0.3 is 33.9 Å². The normalized spacial score (nSPS) is 20.1. The average molecular weight is 731 g/mol. The molecule has 1 saturated heterocycles. The van der Waals surface area contributed by atoms with Crippen LogP contribution in [0.15, 0.2) is 124 Å². The van der Waals surface area contributed by atoms with Crippen molar-refractivity contribution in [3.05, 3.63) is 148 Å². The van der Waals surface area contributed by atoms with E-state index in [0.717, 1.165) is 0 Å². The number of benzene rings is 4. The maximum absolute atomic E-state index is 13.6. The molecule has 268 valence electrons. The van der Waals surface area contributed by atoms with E-state index in [1.807, 2.05) is 0 Å². The summed E-state index contributed by atoms with van der Waals surface area (Å²) in [5.41, 5.74) is 0.368. The van der Waals surface area contributed by atoms with E-state index in [-0.39, 0.29) is 28.0 Å². The predicted molar refractivity (Wildman–Crippen MR) is 181 cm³/mol. The van der Waals surface area contributed by atoms with Crippen LogP contribution < -0.4 is 10.4 Å². The molecule has 1 aromatic heterocycles. The van der Waals surface area contributed by atoms with Gasteiger partial charge in [0.15, 0.2) is 12.2 Å². The van der Waals surface area contributed by atoms with E-state index in [4.69, 9.17) is 28.1 Å². The van der Waals surface area contributed by atoms with Crippen LogP contribution in [0.4, 0.5) is 0 Å². The Kier molecular flexibility index (Phi) is 10.8. The Hall–Kier alpha value is -5.87. The van der Waals surface area contributed by atoms with Crippen LogP contribution in [0.5, 0.6) is 5.75 Å².